The van der Waals surface area contributed by atoms with Gasteiger partial charge in [-0.3, -0.25) is 4.79 Å². The quantitative estimate of drug-likeness (QED) is 0.693. The lowest BCUT2D eigenvalue weighted by molar-refractivity contribution is 0.130. The summed E-state index contributed by atoms with van der Waals surface area (Å²) in [5.74, 6) is 0.588. The van der Waals surface area contributed by atoms with Gasteiger partial charge in [0, 0.05) is 0 Å². The first-order chi connectivity index (χ1) is 6.03. The van der Waals surface area contributed by atoms with Crippen LogP contribution < -0.4 is 4.74 Å². The monoisotopic (exact) mass is 177 g/mol. The van der Waals surface area contributed by atoms with Crippen LogP contribution >= 0.6 is 0 Å². The maximum Gasteiger partial charge on any atom is 0.237 e. The van der Waals surface area contributed by atoms with Crippen molar-refractivity contribution in [2.45, 2.75) is 26.4 Å². The molecule has 0 fully saturated rings. The molecule has 0 atom stereocenters. The lowest BCUT2D eigenvalue weighted by Gasteiger charge is -2.21. The Morgan fingerprint density at radius 2 is 1.85 bits per heavy atom. The Balaban J connectivity index is 2.94. The van der Waals surface area contributed by atoms with E-state index in [2.05, 4.69) is 0 Å². The van der Waals surface area contributed by atoms with Gasteiger partial charge in [-0.05, 0) is 32.9 Å². The van der Waals surface area contributed by atoms with Crippen LogP contribution in [0.5, 0.6) is 5.75 Å². The molecular formula is C11H13O2. The number of hydrogen-bond acceptors (Lipinski definition) is 2. The molecule has 0 spiro atoms. The lowest BCUT2D eigenvalue weighted by atomic mass is 10.1. The van der Waals surface area contributed by atoms with Crippen LogP contribution in [0.25, 0.3) is 0 Å². The van der Waals surface area contributed by atoms with E-state index in [0.29, 0.717) is 11.3 Å². The minimum absolute atomic E-state index is 0.285. The highest BCUT2D eigenvalue weighted by atomic mass is 16.5. The molecular weight excluding hydrogens is 164 g/mol. The lowest BCUT2D eigenvalue weighted by Crippen LogP contribution is -2.23. The Kier molecular flexibility index (Phi) is 2.71. The van der Waals surface area contributed by atoms with Crippen molar-refractivity contribution in [2.75, 3.05) is 0 Å². The second-order valence-corrected chi connectivity index (χ2v) is 3.81. The molecule has 0 aliphatic rings. The topological polar surface area (TPSA) is 26.3 Å². The van der Waals surface area contributed by atoms with Crippen LogP contribution in [0.15, 0.2) is 24.3 Å². The first-order valence-electron chi connectivity index (χ1n) is 4.19. The predicted molar refractivity (Wildman–Crippen MR) is 51.6 cm³/mol. The van der Waals surface area contributed by atoms with E-state index in [1.807, 2.05) is 33.1 Å². The van der Waals surface area contributed by atoms with E-state index < -0.39 is 0 Å². The highest BCUT2D eigenvalue weighted by molar-refractivity contribution is 5.79. The van der Waals surface area contributed by atoms with Crippen LogP contribution in [0.2, 0.25) is 0 Å². The minimum Gasteiger partial charge on any atom is -0.487 e. The summed E-state index contributed by atoms with van der Waals surface area (Å²) in [6.07, 6.45) is 1.84. The molecule has 0 heterocycles. The predicted octanol–water partition coefficient (Wildman–Crippen LogP) is 2.32. The van der Waals surface area contributed by atoms with Crippen molar-refractivity contribution < 1.29 is 9.53 Å². The van der Waals surface area contributed by atoms with Gasteiger partial charge in [0.25, 0.3) is 0 Å². The molecule has 0 saturated carbocycles. The zero-order valence-corrected chi connectivity index (χ0v) is 8.13. The number of ether oxygens (including phenoxy) is 1. The fourth-order valence-electron chi connectivity index (χ4n) is 0.970. The Morgan fingerprint density at radius 1 is 1.23 bits per heavy atom. The third-order valence-electron chi connectivity index (χ3n) is 1.41. The molecule has 1 rings (SSSR count). The molecule has 0 saturated heterocycles. The van der Waals surface area contributed by atoms with Gasteiger partial charge < -0.3 is 4.74 Å². The van der Waals surface area contributed by atoms with Gasteiger partial charge in [-0.25, -0.2) is 0 Å². The normalized spacial score (nSPS) is 11.0. The zero-order chi connectivity index (χ0) is 9.90. The smallest absolute Gasteiger partial charge is 0.237 e. The first-order valence-corrected chi connectivity index (χ1v) is 4.19. The third-order valence-corrected chi connectivity index (χ3v) is 1.41. The first kappa shape index (κ1) is 9.78. The summed E-state index contributed by atoms with van der Waals surface area (Å²) < 4.78 is 5.56. The van der Waals surface area contributed by atoms with Crippen molar-refractivity contribution in [1.29, 1.82) is 0 Å². The van der Waals surface area contributed by atoms with E-state index in [0.717, 1.165) is 0 Å². The number of para-hydroxylation sites is 1. The number of rotatable bonds is 2. The molecule has 0 aliphatic heterocycles. The van der Waals surface area contributed by atoms with E-state index in [9.17, 15) is 4.79 Å². The third kappa shape index (κ3) is 2.90. The van der Waals surface area contributed by atoms with Crippen LogP contribution in [0, 0.1) is 0 Å². The molecule has 0 N–H and O–H groups in total. The van der Waals surface area contributed by atoms with Gasteiger partial charge in [0.2, 0.25) is 6.29 Å². The average molecular weight is 177 g/mol. The van der Waals surface area contributed by atoms with Gasteiger partial charge in [-0.15, -0.1) is 0 Å². The van der Waals surface area contributed by atoms with E-state index in [1.54, 1.807) is 18.2 Å². The van der Waals surface area contributed by atoms with E-state index in [-0.39, 0.29) is 5.60 Å². The number of hydrogen-bond donors (Lipinski definition) is 0. The standard InChI is InChI=1S/C11H13O2/c1-11(2,3)13-10-7-5-4-6-9(10)8-12/h4-7H,1-3H3. The molecule has 69 valence electrons. The van der Waals surface area contributed by atoms with Gasteiger partial charge in [-0.1, -0.05) is 12.1 Å². The van der Waals surface area contributed by atoms with Gasteiger partial charge >= 0.3 is 0 Å². The molecule has 2 heteroatoms. The van der Waals surface area contributed by atoms with Crippen LogP contribution in [-0.4, -0.2) is 11.9 Å². The van der Waals surface area contributed by atoms with Crippen LogP contribution in [0.1, 0.15) is 26.3 Å². The Hall–Kier alpha value is -1.31. The highest BCUT2D eigenvalue weighted by Crippen LogP contribution is 2.20. The molecule has 0 aliphatic carbocycles. The van der Waals surface area contributed by atoms with Gasteiger partial charge in [0.05, 0.1) is 5.56 Å². The molecule has 1 aromatic rings. The molecule has 0 bridgehead atoms. The Bertz CT molecular complexity index is 297. The van der Waals surface area contributed by atoms with Crippen molar-refractivity contribution in [3.05, 3.63) is 29.8 Å². The highest BCUT2D eigenvalue weighted by Gasteiger charge is 2.13. The maximum absolute atomic E-state index is 10.5. The molecule has 0 aromatic heterocycles. The van der Waals surface area contributed by atoms with Gasteiger partial charge in [0.1, 0.15) is 11.4 Å². The summed E-state index contributed by atoms with van der Waals surface area (Å²) in [6, 6.07) is 7.08. The van der Waals surface area contributed by atoms with E-state index in [4.69, 9.17) is 4.74 Å². The van der Waals surface area contributed by atoms with Crippen molar-refractivity contribution in [2.24, 2.45) is 0 Å². The average Bonchev–Trinajstić information content (AvgIpc) is 2.02. The molecule has 1 aromatic carbocycles. The fraction of sp³-hybridized carbons (Fsp3) is 0.364. The summed E-state index contributed by atoms with van der Waals surface area (Å²) in [5.41, 5.74) is 0.185. The molecule has 1 radical (unpaired) electrons. The Morgan fingerprint density at radius 3 is 2.38 bits per heavy atom. The van der Waals surface area contributed by atoms with Crippen LogP contribution in [0.3, 0.4) is 0 Å². The molecule has 0 amide bonds. The number of benzene rings is 1. The zero-order valence-electron chi connectivity index (χ0n) is 8.13. The van der Waals surface area contributed by atoms with Crippen LogP contribution in [0.4, 0.5) is 0 Å². The summed E-state index contributed by atoms with van der Waals surface area (Å²) >= 11 is 0. The maximum atomic E-state index is 10.5. The molecule has 13 heavy (non-hydrogen) atoms. The fourth-order valence-corrected chi connectivity index (χ4v) is 0.970. The second kappa shape index (κ2) is 3.60. The molecule has 2 nitrogen and oxygen atoms in total. The van der Waals surface area contributed by atoms with Gasteiger partial charge in [-0.2, -0.15) is 0 Å². The van der Waals surface area contributed by atoms with Crippen molar-refractivity contribution in [3.63, 3.8) is 0 Å². The summed E-state index contributed by atoms with van der Waals surface area (Å²) in [4.78, 5) is 10.5. The SMILES string of the molecule is CC(C)(C)Oc1ccccc1[C]=O. The summed E-state index contributed by atoms with van der Waals surface area (Å²) in [6.45, 7) is 5.82. The number of carbonyl (C=O) groups excluding carboxylic acids is 1. The van der Waals surface area contributed by atoms with Gasteiger partial charge in [0.15, 0.2) is 0 Å². The Labute approximate surface area is 78.5 Å². The van der Waals surface area contributed by atoms with Crippen LogP contribution in [-0.2, 0) is 4.79 Å². The molecule has 0 unspecified atom stereocenters. The van der Waals surface area contributed by atoms with E-state index in [1.165, 1.54) is 0 Å². The second-order valence-electron chi connectivity index (χ2n) is 3.81. The van der Waals surface area contributed by atoms with Crippen molar-refractivity contribution in [1.82, 2.24) is 0 Å². The van der Waals surface area contributed by atoms with Crippen molar-refractivity contribution in [3.8, 4) is 5.75 Å². The summed E-state index contributed by atoms with van der Waals surface area (Å²) in [7, 11) is 0. The largest absolute Gasteiger partial charge is 0.487 e. The van der Waals surface area contributed by atoms with Crippen molar-refractivity contribution >= 4 is 6.29 Å². The minimum atomic E-state index is -0.285. The van der Waals surface area contributed by atoms with E-state index >= 15 is 0 Å². The summed E-state index contributed by atoms with van der Waals surface area (Å²) in [5, 5.41) is 0.